The number of hydrogen-bond donors (Lipinski definition) is 1. The largest absolute Gasteiger partial charge is 0.497 e. The van der Waals surface area contributed by atoms with Gasteiger partial charge in [-0.3, -0.25) is 9.78 Å². The quantitative estimate of drug-likeness (QED) is 0.777. The molecule has 5 nitrogen and oxygen atoms in total. The standard InChI is InChI=1S/C20H21N3O2/c1-14-11-19(20(24)22-13-16-5-4-10-21-12-16)15(2)23(14)17-6-8-18(25-3)9-7-17/h4-12H,13H2,1-3H3,(H,22,24). The molecule has 0 saturated carbocycles. The van der Waals surface area contributed by atoms with Crippen LogP contribution in [0.15, 0.2) is 54.9 Å². The van der Waals surface area contributed by atoms with Crippen LogP contribution in [0, 0.1) is 13.8 Å². The molecular weight excluding hydrogens is 314 g/mol. The summed E-state index contributed by atoms with van der Waals surface area (Å²) in [6.45, 7) is 4.41. The molecule has 0 atom stereocenters. The molecule has 2 heterocycles. The molecule has 2 aromatic heterocycles. The number of rotatable bonds is 5. The number of ether oxygens (including phenoxy) is 1. The van der Waals surface area contributed by atoms with Gasteiger partial charge < -0.3 is 14.6 Å². The second-order valence-corrected chi connectivity index (χ2v) is 5.86. The second kappa shape index (κ2) is 7.21. The average Bonchev–Trinajstić information content (AvgIpc) is 2.95. The molecular formula is C20H21N3O2. The summed E-state index contributed by atoms with van der Waals surface area (Å²) in [5.74, 6) is 0.720. The van der Waals surface area contributed by atoms with Crippen molar-refractivity contribution in [1.29, 1.82) is 0 Å². The molecule has 0 bridgehead atoms. The van der Waals surface area contributed by atoms with E-state index < -0.39 is 0 Å². The van der Waals surface area contributed by atoms with E-state index in [2.05, 4.69) is 14.9 Å². The molecule has 0 aliphatic rings. The van der Waals surface area contributed by atoms with Crippen LogP contribution in [0.4, 0.5) is 0 Å². The number of benzene rings is 1. The molecule has 0 radical (unpaired) electrons. The average molecular weight is 335 g/mol. The lowest BCUT2D eigenvalue weighted by molar-refractivity contribution is 0.0950. The van der Waals surface area contributed by atoms with Crippen LogP contribution in [-0.2, 0) is 6.54 Å². The number of aromatic nitrogens is 2. The van der Waals surface area contributed by atoms with Crippen molar-refractivity contribution in [2.75, 3.05) is 7.11 Å². The fraction of sp³-hybridized carbons (Fsp3) is 0.200. The van der Waals surface area contributed by atoms with Crippen LogP contribution in [0.2, 0.25) is 0 Å². The Balaban J connectivity index is 1.82. The van der Waals surface area contributed by atoms with Crippen LogP contribution in [0.5, 0.6) is 5.75 Å². The zero-order valence-electron chi connectivity index (χ0n) is 14.6. The summed E-state index contributed by atoms with van der Waals surface area (Å²) in [6, 6.07) is 13.5. The van der Waals surface area contributed by atoms with E-state index >= 15 is 0 Å². The third-order valence-corrected chi connectivity index (χ3v) is 4.18. The lowest BCUT2D eigenvalue weighted by Gasteiger charge is -2.11. The second-order valence-electron chi connectivity index (χ2n) is 5.86. The van der Waals surface area contributed by atoms with E-state index in [0.29, 0.717) is 12.1 Å². The molecule has 0 aliphatic carbocycles. The van der Waals surface area contributed by atoms with Gasteiger partial charge in [0.25, 0.3) is 5.91 Å². The number of carbonyl (C=O) groups excluding carboxylic acids is 1. The first-order chi connectivity index (χ1) is 12.1. The summed E-state index contributed by atoms with van der Waals surface area (Å²) in [5.41, 5.74) is 4.57. The van der Waals surface area contributed by atoms with E-state index in [1.54, 1.807) is 19.5 Å². The Labute approximate surface area is 147 Å². The minimum Gasteiger partial charge on any atom is -0.497 e. The fourth-order valence-electron chi connectivity index (χ4n) is 2.90. The van der Waals surface area contributed by atoms with Crippen LogP contribution in [0.1, 0.15) is 27.3 Å². The van der Waals surface area contributed by atoms with Crippen molar-refractivity contribution in [3.05, 3.63) is 77.4 Å². The molecule has 128 valence electrons. The van der Waals surface area contributed by atoms with Crippen LogP contribution >= 0.6 is 0 Å². The summed E-state index contributed by atoms with van der Waals surface area (Å²) in [4.78, 5) is 16.6. The van der Waals surface area contributed by atoms with Gasteiger partial charge in [-0.1, -0.05) is 6.07 Å². The van der Waals surface area contributed by atoms with Crippen LogP contribution in [0.25, 0.3) is 5.69 Å². The van der Waals surface area contributed by atoms with Gasteiger partial charge in [-0.05, 0) is 55.8 Å². The highest BCUT2D eigenvalue weighted by atomic mass is 16.5. The van der Waals surface area contributed by atoms with Crippen molar-refractivity contribution in [3.8, 4) is 11.4 Å². The molecule has 1 amide bonds. The predicted octanol–water partition coefficient (Wildman–Crippen LogP) is 3.43. The lowest BCUT2D eigenvalue weighted by atomic mass is 10.2. The van der Waals surface area contributed by atoms with Crippen LogP contribution < -0.4 is 10.1 Å². The molecule has 3 aromatic rings. The summed E-state index contributed by atoms with van der Waals surface area (Å²) in [6.07, 6.45) is 3.47. The summed E-state index contributed by atoms with van der Waals surface area (Å²) >= 11 is 0. The Morgan fingerprint density at radius 1 is 1.20 bits per heavy atom. The van der Waals surface area contributed by atoms with E-state index in [0.717, 1.165) is 28.4 Å². The first-order valence-corrected chi connectivity index (χ1v) is 8.10. The number of methoxy groups -OCH3 is 1. The molecule has 1 N–H and O–H groups in total. The van der Waals surface area contributed by atoms with Crippen LogP contribution in [-0.4, -0.2) is 22.6 Å². The first kappa shape index (κ1) is 16.8. The Bertz CT molecular complexity index is 868. The van der Waals surface area contributed by atoms with Gasteiger partial charge in [0.15, 0.2) is 0 Å². The Hall–Kier alpha value is -3.08. The summed E-state index contributed by atoms with van der Waals surface area (Å²) < 4.78 is 7.27. The van der Waals surface area contributed by atoms with Gasteiger partial charge in [0.1, 0.15) is 5.75 Å². The highest BCUT2D eigenvalue weighted by Crippen LogP contribution is 2.22. The topological polar surface area (TPSA) is 56.1 Å². The third-order valence-electron chi connectivity index (χ3n) is 4.18. The maximum absolute atomic E-state index is 12.6. The molecule has 0 unspecified atom stereocenters. The van der Waals surface area contributed by atoms with Gasteiger partial charge >= 0.3 is 0 Å². The summed E-state index contributed by atoms with van der Waals surface area (Å²) in [5, 5.41) is 2.95. The smallest absolute Gasteiger partial charge is 0.253 e. The van der Waals surface area contributed by atoms with Gasteiger partial charge in [-0.25, -0.2) is 0 Å². The van der Waals surface area contributed by atoms with E-state index in [1.165, 1.54) is 0 Å². The van der Waals surface area contributed by atoms with Crippen molar-refractivity contribution in [1.82, 2.24) is 14.9 Å². The Morgan fingerprint density at radius 3 is 2.60 bits per heavy atom. The number of amides is 1. The van der Waals surface area contributed by atoms with E-state index in [-0.39, 0.29) is 5.91 Å². The monoisotopic (exact) mass is 335 g/mol. The van der Waals surface area contributed by atoms with Crippen molar-refractivity contribution < 1.29 is 9.53 Å². The minimum atomic E-state index is -0.0864. The van der Waals surface area contributed by atoms with Crippen molar-refractivity contribution in [2.45, 2.75) is 20.4 Å². The number of pyridine rings is 1. The maximum Gasteiger partial charge on any atom is 0.253 e. The van der Waals surface area contributed by atoms with E-state index in [9.17, 15) is 4.79 Å². The number of hydrogen-bond acceptors (Lipinski definition) is 3. The highest BCUT2D eigenvalue weighted by Gasteiger charge is 2.16. The van der Waals surface area contributed by atoms with E-state index in [1.807, 2.05) is 56.3 Å². The molecule has 1 aromatic carbocycles. The first-order valence-electron chi connectivity index (χ1n) is 8.10. The number of nitrogens with one attached hydrogen (secondary N) is 1. The summed E-state index contributed by atoms with van der Waals surface area (Å²) in [7, 11) is 1.64. The third kappa shape index (κ3) is 3.55. The zero-order chi connectivity index (χ0) is 17.8. The number of nitrogens with zero attached hydrogens (tertiary/aromatic N) is 2. The molecule has 0 saturated heterocycles. The van der Waals surface area contributed by atoms with Crippen molar-refractivity contribution >= 4 is 5.91 Å². The minimum absolute atomic E-state index is 0.0864. The molecule has 0 aliphatic heterocycles. The van der Waals surface area contributed by atoms with Gasteiger partial charge in [0.05, 0.1) is 12.7 Å². The number of aryl methyl sites for hydroxylation is 1. The fourth-order valence-corrected chi connectivity index (χ4v) is 2.90. The predicted molar refractivity (Wildman–Crippen MR) is 97.2 cm³/mol. The lowest BCUT2D eigenvalue weighted by Crippen LogP contribution is -2.23. The molecule has 5 heteroatoms. The normalized spacial score (nSPS) is 10.5. The Kier molecular flexibility index (Phi) is 4.84. The van der Waals surface area contributed by atoms with E-state index in [4.69, 9.17) is 4.74 Å². The molecule has 25 heavy (non-hydrogen) atoms. The molecule has 0 spiro atoms. The van der Waals surface area contributed by atoms with Gasteiger partial charge in [0, 0.05) is 36.0 Å². The number of carbonyl (C=O) groups is 1. The van der Waals surface area contributed by atoms with Gasteiger partial charge in [-0.2, -0.15) is 0 Å². The highest BCUT2D eigenvalue weighted by molar-refractivity contribution is 5.95. The maximum atomic E-state index is 12.6. The molecule has 3 rings (SSSR count). The zero-order valence-corrected chi connectivity index (χ0v) is 14.6. The van der Waals surface area contributed by atoms with Crippen LogP contribution in [0.3, 0.4) is 0 Å². The SMILES string of the molecule is COc1ccc(-n2c(C)cc(C(=O)NCc3cccnc3)c2C)cc1. The Morgan fingerprint density at radius 2 is 1.96 bits per heavy atom. The van der Waals surface area contributed by atoms with Gasteiger partial charge in [-0.15, -0.1) is 0 Å². The van der Waals surface area contributed by atoms with Gasteiger partial charge in [0.2, 0.25) is 0 Å². The van der Waals surface area contributed by atoms with Crippen molar-refractivity contribution in [3.63, 3.8) is 0 Å². The van der Waals surface area contributed by atoms with Crippen molar-refractivity contribution in [2.24, 2.45) is 0 Å². The molecule has 0 fully saturated rings.